The van der Waals surface area contributed by atoms with Gasteiger partial charge in [-0.2, -0.15) is 5.10 Å². The number of halogens is 1. The monoisotopic (exact) mass is 416 g/mol. The Balaban J connectivity index is 1.70. The van der Waals surface area contributed by atoms with E-state index in [2.05, 4.69) is 15.4 Å². The number of carbonyl (C=O) groups is 2. The lowest BCUT2D eigenvalue weighted by Gasteiger charge is -2.12. The van der Waals surface area contributed by atoms with Crippen LogP contribution in [0.2, 0.25) is 5.02 Å². The second kappa shape index (κ2) is 9.07. The van der Waals surface area contributed by atoms with Crippen molar-refractivity contribution < 1.29 is 23.8 Å². The minimum atomic E-state index is -0.724. The number of hydrogen-bond donors (Lipinski definition) is 1. The SMILES string of the molecule is COc1ccc(OC)c(C(=O)OCC(=O)Nc2cc(Cl)ccc2-n2cncn2)c1. The van der Waals surface area contributed by atoms with Gasteiger partial charge in [0.05, 0.1) is 25.6 Å². The molecule has 1 aromatic heterocycles. The number of ether oxygens (including phenoxy) is 3. The largest absolute Gasteiger partial charge is 0.497 e. The molecule has 10 heteroatoms. The zero-order chi connectivity index (χ0) is 20.8. The normalized spacial score (nSPS) is 10.3. The number of nitrogens with one attached hydrogen (secondary N) is 1. The van der Waals surface area contributed by atoms with Crippen LogP contribution in [0.5, 0.6) is 11.5 Å². The van der Waals surface area contributed by atoms with E-state index in [1.807, 2.05) is 0 Å². The van der Waals surface area contributed by atoms with E-state index < -0.39 is 18.5 Å². The number of methoxy groups -OCH3 is 2. The van der Waals surface area contributed by atoms with Gasteiger partial charge in [0.15, 0.2) is 6.61 Å². The molecule has 3 rings (SSSR count). The van der Waals surface area contributed by atoms with Gasteiger partial charge in [0.1, 0.15) is 29.7 Å². The highest BCUT2D eigenvalue weighted by molar-refractivity contribution is 6.31. The lowest BCUT2D eigenvalue weighted by Crippen LogP contribution is -2.22. The maximum absolute atomic E-state index is 12.4. The van der Waals surface area contributed by atoms with Crippen LogP contribution in [0.1, 0.15) is 10.4 Å². The van der Waals surface area contributed by atoms with E-state index in [-0.39, 0.29) is 5.56 Å². The van der Waals surface area contributed by atoms with Crippen LogP contribution < -0.4 is 14.8 Å². The third-order valence-electron chi connectivity index (χ3n) is 3.86. The lowest BCUT2D eigenvalue weighted by molar-refractivity contribution is -0.119. The molecule has 0 unspecified atom stereocenters. The van der Waals surface area contributed by atoms with Gasteiger partial charge in [-0.15, -0.1) is 0 Å². The Kier molecular flexibility index (Phi) is 6.30. The van der Waals surface area contributed by atoms with Crippen LogP contribution in [0.3, 0.4) is 0 Å². The zero-order valence-corrected chi connectivity index (χ0v) is 16.3. The molecule has 2 aromatic carbocycles. The molecule has 0 radical (unpaired) electrons. The van der Waals surface area contributed by atoms with Gasteiger partial charge in [-0.1, -0.05) is 11.6 Å². The summed E-state index contributed by atoms with van der Waals surface area (Å²) in [5.74, 6) is -0.513. The molecule has 9 nitrogen and oxygen atoms in total. The standard InChI is InChI=1S/C19H17ClN4O5/c1-27-13-4-6-17(28-2)14(8-13)19(26)29-9-18(25)23-15-7-12(20)3-5-16(15)24-11-21-10-22-24/h3-8,10-11H,9H2,1-2H3,(H,23,25). The summed E-state index contributed by atoms with van der Waals surface area (Å²) in [7, 11) is 2.90. The molecular weight excluding hydrogens is 400 g/mol. The Bertz CT molecular complexity index is 1020. The average molecular weight is 417 g/mol. The van der Waals surface area contributed by atoms with Crippen molar-refractivity contribution in [2.24, 2.45) is 0 Å². The highest BCUT2D eigenvalue weighted by Crippen LogP contribution is 2.25. The molecule has 0 aliphatic carbocycles. The first-order chi connectivity index (χ1) is 14.0. The highest BCUT2D eigenvalue weighted by atomic mass is 35.5. The van der Waals surface area contributed by atoms with Gasteiger partial charge in [-0.05, 0) is 36.4 Å². The molecule has 0 saturated heterocycles. The summed E-state index contributed by atoms with van der Waals surface area (Å²) in [5.41, 5.74) is 1.09. The van der Waals surface area contributed by atoms with Crippen molar-refractivity contribution in [2.75, 3.05) is 26.1 Å². The minimum Gasteiger partial charge on any atom is -0.497 e. The van der Waals surface area contributed by atoms with Crippen LogP contribution in [0.15, 0.2) is 49.1 Å². The molecule has 1 N–H and O–H groups in total. The predicted octanol–water partition coefficient (Wildman–Crippen LogP) is 2.73. The topological polar surface area (TPSA) is 105 Å². The van der Waals surface area contributed by atoms with E-state index in [1.165, 1.54) is 37.6 Å². The van der Waals surface area contributed by atoms with E-state index in [4.69, 9.17) is 25.8 Å². The van der Waals surface area contributed by atoms with E-state index in [0.717, 1.165) is 0 Å². The van der Waals surface area contributed by atoms with Gasteiger partial charge >= 0.3 is 5.97 Å². The van der Waals surface area contributed by atoms with Crippen LogP contribution in [-0.4, -0.2) is 47.5 Å². The summed E-state index contributed by atoms with van der Waals surface area (Å²) in [6, 6.07) is 9.59. The van der Waals surface area contributed by atoms with E-state index in [0.29, 0.717) is 27.9 Å². The van der Waals surface area contributed by atoms with Crippen molar-refractivity contribution in [3.05, 3.63) is 59.6 Å². The van der Waals surface area contributed by atoms with Gasteiger partial charge in [-0.3, -0.25) is 4.79 Å². The summed E-state index contributed by atoms with van der Waals surface area (Å²) < 4.78 is 16.8. The predicted molar refractivity (Wildman–Crippen MR) is 105 cm³/mol. The Hall–Kier alpha value is -3.59. The fourth-order valence-corrected chi connectivity index (χ4v) is 2.68. The molecule has 0 bridgehead atoms. The van der Waals surface area contributed by atoms with E-state index in [9.17, 15) is 9.59 Å². The quantitative estimate of drug-likeness (QED) is 0.590. The summed E-state index contributed by atoms with van der Waals surface area (Å²) in [5, 5.41) is 7.10. The first-order valence-electron chi connectivity index (χ1n) is 8.35. The molecule has 0 atom stereocenters. The third-order valence-corrected chi connectivity index (χ3v) is 4.09. The zero-order valence-electron chi connectivity index (χ0n) is 15.6. The van der Waals surface area contributed by atoms with Gasteiger partial charge in [0, 0.05) is 5.02 Å². The van der Waals surface area contributed by atoms with E-state index in [1.54, 1.807) is 30.3 Å². The fourth-order valence-electron chi connectivity index (χ4n) is 2.51. The number of amides is 1. The first-order valence-corrected chi connectivity index (χ1v) is 8.73. The fraction of sp³-hybridized carbons (Fsp3) is 0.158. The molecular formula is C19H17ClN4O5. The summed E-state index contributed by atoms with van der Waals surface area (Å²) >= 11 is 6.02. The van der Waals surface area contributed by atoms with Crippen molar-refractivity contribution in [3.8, 4) is 17.2 Å². The lowest BCUT2D eigenvalue weighted by atomic mass is 10.2. The molecule has 0 spiro atoms. The highest BCUT2D eigenvalue weighted by Gasteiger charge is 2.17. The van der Waals surface area contributed by atoms with Crippen molar-refractivity contribution in [1.29, 1.82) is 0 Å². The molecule has 29 heavy (non-hydrogen) atoms. The van der Waals surface area contributed by atoms with Crippen LogP contribution in [-0.2, 0) is 9.53 Å². The molecule has 0 aliphatic heterocycles. The molecule has 1 amide bonds. The number of esters is 1. The van der Waals surface area contributed by atoms with Crippen molar-refractivity contribution >= 4 is 29.2 Å². The van der Waals surface area contributed by atoms with Gasteiger partial charge < -0.3 is 19.5 Å². The molecule has 150 valence electrons. The van der Waals surface area contributed by atoms with E-state index >= 15 is 0 Å². The molecule has 0 fully saturated rings. The van der Waals surface area contributed by atoms with Crippen LogP contribution in [0.4, 0.5) is 5.69 Å². The number of nitrogens with zero attached hydrogens (tertiary/aromatic N) is 3. The van der Waals surface area contributed by atoms with Crippen molar-refractivity contribution in [2.45, 2.75) is 0 Å². The number of rotatable bonds is 7. The second-order valence-corrected chi connectivity index (χ2v) is 6.13. The molecule has 3 aromatic rings. The number of carbonyl (C=O) groups excluding carboxylic acids is 2. The van der Waals surface area contributed by atoms with Crippen molar-refractivity contribution in [3.63, 3.8) is 0 Å². The van der Waals surface area contributed by atoms with Crippen molar-refractivity contribution in [1.82, 2.24) is 14.8 Å². The van der Waals surface area contributed by atoms with Gasteiger partial charge in [0.25, 0.3) is 5.91 Å². The Morgan fingerprint density at radius 1 is 1.14 bits per heavy atom. The minimum absolute atomic E-state index is 0.144. The third kappa shape index (κ3) is 4.82. The number of aromatic nitrogens is 3. The average Bonchev–Trinajstić information content (AvgIpc) is 3.26. The smallest absolute Gasteiger partial charge is 0.342 e. The summed E-state index contributed by atoms with van der Waals surface area (Å²) in [6.45, 7) is -0.511. The maximum atomic E-state index is 12.4. The van der Waals surface area contributed by atoms with Crippen LogP contribution in [0, 0.1) is 0 Å². The number of hydrogen-bond acceptors (Lipinski definition) is 7. The Morgan fingerprint density at radius 3 is 2.66 bits per heavy atom. The Labute approximate surface area is 171 Å². The second-order valence-electron chi connectivity index (χ2n) is 5.69. The molecule has 0 aliphatic rings. The van der Waals surface area contributed by atoms with Crippen LogP contribution in [0.25, 0.3) is 5.69 Å². The summed E-state index contributed by atoms with van der Waals surface area (Å²) in [4.78, 5) is 28.6. The van der Waals surface area contributed by atoms with Crippen LogP contribution >= 0.6 is 11.6 Å². The molecule has 0 saturated carbocycles. The number of anilines is 1. The van der Waals surface area contributed by atoms with Gasteiger partial charge in [0.2, 0.25) is 0 Å². The number of benzene rings is 2. The van der Waals surface area contributed by atoms with Gasteiger partial charge in [-0.25, -0.2) is 14.5 Å². The Morgan fingerprint density at radius 2 is 1.97 bits per heavy atom. The summed E-state index contributed by atoms with van der Waals surface area (Å²) in [6.07, 6.45) is 2.84. The first kappa shape index (κ1) is 20.2. The maximum Gasteiger partial charge on any atom is 0.342 e. The molecule has 1 heterocycles.